The summed E-state index contributed by atoms with van der Waals surface area (Å²) in [5.74, 6) is -0.679. The lowest BCUT2D eigenvalue weighted by molar-refractivity contribution is -0.146. The minimum Gasteiger partial charge on any atom is -0.480 e. The number of rotatable bonds is 6. The number of carbonyl (C=O) groups excluding carboxylic acids is 1. The highest BCUT2D eigenvalue weighted by atomic mass is 16.5. The molecule has 0 bridgehead atoms. The molecule has 0 unspecified atom stereocenters. The van der Waals surface area contributed by atoms with E-state index in [0.29, 0.717) is 26.2 Å². The van der Waals surface area contributed by atoms with Gasteiger partial charge in [0.25, 0.3) is 0 Å². The number of hydrogen-bond donors (Lipinski definition) is 1. The fraction of sp³-hybridized carbons (Fsp3) is 0.882. The van der Waals surface area contributed by atoms with Crippen molar-refractivity contribution in [3.63, 3.8) is 0 Å². The summed E-state index contributed by atoms with van der Waals surface area (Å²) in [6, 6.07) is -0.0846. The molecule has 138 valence electrons. The highest BCUT2D eigenvalue weighted by Gasteiger charge is 2.30. The number of carboxylic acid groups (broad SMARTS) is 1. The van der Waals surface area contributed by atoms with Gasteiger partial charge in [0.2, 0.25) is 5.91 Å². The Morgan fingerprint density at radius 2 is 1.88 bits per heavy atom. The second kappa shape index (κ2) is 9.34. The molecule has 7 nitrogen and oxygen atoms in total. The molecule has 2 aliphatic heterocycles. The SMILES string of the molecule is C[C@@H](C(=O)N1CCO[C@@H](CN(C)CC(=O)O)C1)N1CCCCCC1. The fourth-order valence-electron chi connectivity index (χ4n) is 3.58. The van der Waals surface area contributed by atoms with Crippen molar-refractivity contribution in [1.82, 2.24) is 14.7 Å². The van der Waals surface area contributed by atoms with E-state index in [0.717, 1.165) is 13.1 Å². The van der Waals surface area contributed by atoms with Gasteiger partial charge in [-0.1, -0.05) is 12.8 Å². The van der Waals surface area contributed by atoms with E-state index >= 15 is 0 Å². The summed E-state index contributed by atoms with van der Waals surface area (Å²) in [5, 5.41) is 8.84. The third kappa shape index (κ3) is 5.72. The number of ether oxygens (including phenoxy) is 1. The Balaban J connectivity index is 1.85. The molecule has 0 spiro atoms. The van der Waals surface area contributed by atoms with Gasteiger partial charge in [-0.25, -0.2) is 0 Å². The quantitative estimate of drug-likeness (QED) is 0.758. The zero-order valence-corrected chi connectivity index (χ0v) is 14.9. The van der Waals surface area contributed by atoms with Crippen molar-refractivity contribution in [3.8, 4) is 0 Å². The molecule has 2 aliphatic rings. The van der Waals surface area contributed by atoms with Crippen LogP contribution < -0.4 is 0 Å². The molecular weight excluding hydrogens is 310 g/mol. The van der Waals surface area contributed by atoms with Crippen molar-refractivity contribution in [2.45, 2.75) is 44.8 Å². The number of nitrogens with zero attached hydrogens (tertiary/aromatic N) is 3. The Morgan fingerprint density at radius 1 is 1.21 bits per heavy atom. The lowest BCUT2D eigenvalue weighted by Gasteiger charge is -2.38. The summed E-state index contributed by atoms with van der Waals surface area (Å²) >= 11 is 0. The van der Waals surface area contributed by atoms with Gasteiger partial charge >= 0.3 is 5.97 Å². The molecule has 0 aliphatic carbocycles. The van der Waals surface area contributed by atoms with Crippen LogP contribution in [-0.4, -0.2) is 96.8 Å². The standard InChI is InChI=1S/C17H31N3O4/c1-14(19-7-5-3-4-6-8-19)17(23)20-9-10-24-15(12-20)11-18(2)13-16(21)22/h14-15H,3-13H2,1-2H3,(H,21,22)/t14-,15-/m0/s1. The van der Waals surface area contributed by atoms with Crippen LogP contribution in [-0.2, 0) is 14.3 Å². The van der Waals surface area contributed by atoms with Crippen LogP contribution in [0.15, 0.2) is 0 Å². The van der Waals surface area contributed by atoms with E-state index < -0.39 is 5.97 Å². The lowest BCUT2D eigenvalue weighted by atomic mass is 10.2. The Labute approximate surface area is 144 Å². The largest absolute Gasteiger partial charge is 0.480 e. The Kier molecular flexibility index (Phi) is 7.45. The number of amides is 1. The summed E-state index contributed by atoms with van der Waals surface area (Å²) in [5.41, 5.74) is 0. The van der Waals surface area contributed by atoms with Crippen molar-refractivity contribution in [3.05, 3.63) is 0 Å². The topological polar surface area (TPSA) is 73.3 Å². The molecule has 2 heterocycles. The average molecular weight is 341 g/mol. The molecule has 0 aromatic rings. The van der Waals surface area contributed by atoms with Gasteiger partial charge in [0.05, 0.1) is 25.3 Å². The maximum atomic E-state index is 12.8. The molecule has 24 heavy (non-hydrogen) atoms. The summed E-state index contributed by atoms with van der Waals surface area (Å²) in [7, 11) is 1.76. The number of aliphatic carboxylic acids is 1. The van der Waals surface area contributed by atoms with Gasteiger partial charge in [-0.3, -0.25) is 19.4 Å². The molecule has 1 N–H and O–H groups in total. The maximum Gasteiger partial charge on any atom is 0.317 e. The molecule has 2 fully saturated rings. The number of hydrogen-bond acceptors (Lipinski definition) is 5. The first-order valence-electron chi connectivity index (χ1n) is 9.02. The molecule has 7 heteroatoms. The molecule has 2 rings (SSSR count). The molecule has 0 saturated carbocycles. The molecular formula is C17H31N3O4. The van der Waals surface area contributed by atoms with E-state index in [1.165, 1.54) is 25.7 Å². The average Bonchev–Trinajstić information content (AvgIpc) is 2.82. The van der Waals surface area contributed by atoms with Crippen molar-refractivity contribution in [2.24, 2.45) is 0 Å². The predicted molar refractivity (Wildman–Crippen MR) is 91.0 cm³/mol. The van der Waals surface area contributed by atoms with E-state index in [9.17, 15) is 9.59 Å². The molecule has 0 aromatic carbocycles. The molecule has 0 radical (unpaired) electrons. The van der Waals surface area contributed by atoms with Gasteiger partial charge in [0.1, 0.15) is 0 Å². The van der Waals surface area contributed by atoms with E-state index in [1.54, 1.807) is 11.9 Å². The monoisotopic (exact) mass is 341 g/mol. The van der Waals surface area contributed by atoms with Crippen LogP contribution >= 0.6 is 0 Å². The Hall–Kier alpha value is -1.18. The number of likely N-dealkylation sites (N-methyl/N-ethyl adjacent to an activating group) is 1. The minimum atomic E-state index is -0.851. The molecule has 1 amide bonds. The van der Waals surface area contributed by atoms with Crippen LogP contribution in [0.25, 0.3) is 0 Å². The first-order valence-corrected chi connectivity index (χ1v) is 9.02. The van der Waals surface area contributed by atoms with Crippen molar-refractivity contribution < 1.29 is 19.4 Å². The van der Waals surface area contributed by atoms with Gasteiger partial charge in [0.15, 0.2) is 0 Å². The summed E-state index contributed by atoms with van der Waals surface area (Å²) < 4.78 is 5.71. The Bertz CT molecular complexity index is 424. The highest BCUT2D eigenvalue weighted by molar-refractivity contribution is 5.81. The first kappa shape index (κ1) is 19.1. The van der Waals surface area contributed by atoms with E-state index in [2.05, 4.69) is 4.90 Å². The summed E-state index contributed by atoms with van der Waals surface area (Å²) in [6.07, 6.45) is 4.73. The van der Waals surface area contributed by atoms with E-state index in [4.69, 9.17) is 9.84 Å². The van der Waals surface area contributed by atoms with Crippen molar-refractivity contribution >= 4 is 11.9 Å². The van der Waals surface area contributed by atoms with Crippen molar-refractivity contribution in [2.75, 3.05) is 52.9 Å². The third-order valence-corrected chi connectivity index (χ3v) is 4.92. The number of likely N-dealkylation sites (tertiary alicyclic amines) is 1. The smallest absolute Gasteiger partial charge is 0.317 e. The van der Waals surface area contributed by atoms with Gasteiger partial charge in [-0.05, 0) is 39.9 Å². The second-order valence-corrected chi connectivity index (χ2v) is 6.99. The lowest BCUT2D eigenvalue weighted by Crippen LogP contribution is -2.54. The van der Waals surface area contributed by atoms with Gasteiger partial charge in [-0.2, -0.15) is 0 Å². The minimum absolute atomic E-state index is 0.0159. The zero-order chi connectivity index (χ0) is 17.5. The van der Waals surface area contributed by atoms with Crippen LogP contribution in [0.5, 0.6) is 0 Å². The molecule has 2 saturated heterocycles. The van der Waals surface area contributed by atoms with E-state index in [-0.39, 0.29) is 24.6 Å². The molecule has 2 atom stereocenters. The highest BCUT2D eigenvalue weighted by Crippen LogP contribution is 2.15. The van der Waals surface area contributed by atoms with Crippen molar-refractivity contribution in [1.29, 1.82) is 0 Å². The second-order valence-electron chi connectivity index (χ2n) is 6.99. The maximum absolute atomic E-state index is 12.8. The normalized spacial score (nSPS) is 24.6. The van der Waals surface area contributed by atoms with Crippen LogP contribution in [0.1, 0.15) is 32.6 Å². The Morgan fingerprint density at radius 3 is 2.50 bits per heavy atom. The van der Waals surface area contributed by atoms with Gasteiger partial charge in [-0.15, -0.1) is 0 Å². The number of carboxylic acids is 1. The van der Waals surface area contributed by atoms with Gasteiger partial charge in [0, 0.05) is 19.6 Å². The zero-order valence-electron chi connectivity index (χ0n) is 14.9. The van der Waals surface area contributed by atoms with E-state index in [1.807, 2.05) is 11.8 Å². The van der Waals surface area contributed by atoms with Crippen LogP contribution in [0.4, 0.5) is 0 Å². The van der Waals surface area contributed by atoms with Crippen LogP contribution in [0, 0.1) is 0 Å². The third-order valence-electron chi connectivity index (χ3n) is 4.92. The van der Waals surface area contributed by atoms with Crippen LogP contribution in [0.3, 0.4) is 0 Å². The first-order chi connectivity index (χ1) is 11.5. The predicted octanol–water partition coefficient (Wildman–Crippen LogP) is 0.495. The number of carbonyl (C=O) groups is 2. The van der Waals surface area contributed by atoms with Crippen LogP contribution in [0.2, 0.25) is 0 Å². The fourth-order valence-corrected chi connectivity index (χ4v) is 3.58. The summed E-state index contributed by atoms with van der Waals surface area (Å²) in [6.45, 7) is 6.20. The summed E-state index contributed by atoms with van der Waals surface area (Å²) in [4.78, 5) is 29.5. The number of morpholine rings is 1. The van der Waals surface area contributed by atoms with Gasteiger partial charge < -0.3 is 14.7 Å². The molecule has 0 aromatic heterocycles.